The number of furan rings is 1. The maximum atomic E-state index is 12.4. The average Bonchev–Trinajstić information content (AvgIpc) is 3.16. The fourth-order valence-corrected chi connectivity index (χ4v) is 1.95. The molecular formula is C18H18N2O6. The summed E-state index contributed by atoms with van der Waals surface area (Å²) in [7, 11) is 1.53. The molecule has 0 radical (unpaired) electrons. The highest BCUT2D eigenvalue weighted by Crippen LogP contribution is 2.14. The average molecular weight is 358 g/mol. The molecule has 0 saturated carbocycles. The van der Waals surface area contributed by atoms with Crippen LogP contribution < -0.4 is 15.4 Å². The minimum absolute atomic E-state index is 0.0183. The van der Waals surface area contributed by atoms with Gasteiger partial charge in [0.25, 0.3) is 11.8 Å². The van der Waals surface area contributed by atoms with Gasteiger partial charge in [0.05, 0.1) is 13.4 Å². The molecule has 0 fully saturated rings. The van der Waals surface area contributed by atoms with Gasteiger partial charge in [0, 0.05) is 0 Å². The molecule has 8 nitrogen and oxygen atoms in total. The maximum Gasteiger partial charge on any atom is 0.325 e. The molecule has 0 aliphatic carbocycles. The van der Waals surface area contributed by atoms with E-state index in [0.717, 1.165) is 0 Å². The monoisotopic (exact) mass is 358 g/mol. The lowest BCUT2D eigenvalue weighted by Crippen LogP contribution is -2.42. The first-order chi connectivity index (χ1) is 12.4. The molecule has 1 unspecified atom stereocenters. The SMILES string of the molecule is COc1ccc(/C=C(/NC(=O)c2ccco2)C(=O)NC(C)C(=O)O)cc1. The third kappa shape index (κ3) is 4.97. The number of ether oxygens (including phenoxy) is 1. The zero-order valence-corrected chi connectivity index (χ0v) is 14.2. The van der Waals surface area contributed by atoms with Crippen LogP contribution in [-0.4, -0.2) is 36.0 Å². The highest BCUT2D eigenvalue weighted by Gasteiger charge is 2.20. The summed E-state index contributed by atoms with van der Waals surface area (Å²) < 4.78 is 10.1. The van der Waals surface area contributed by atoms with Gasteiger partial charge in [0.1, 0.15) is 17.5 Å². The number of hydrogen-bond acceptors (Lipinski definition) is 5. The number of carbonyl (C=O) groups excluding carboxylic acids is 2. The Morgan fingerprint density at radius 2 is 1.88 bits per heavy atom. The van der Waals surface area contributed by atoms with Gasteiger partial charge in [-0.3, -0.25) is 14.4 Å². The van der Waals surface area contributed by atoms with Crippen LogP contribution in [0.3, 0.4) is 0 Å². The van der Waals surface area contributed by atoms with Crippen molar-refractivity contribution in [1.82, 2.24) is 10.6 Å². The normalized spacial score (nSPS) is 12.2. The lowest BCUT2D eigenvalue weighted by atomic mass is 10.1. The lowest BCUT2D eigenvalue weighted by molar-refractivity contribution is -0.140. The molecule has 0 spiro atoms. The summed E-state index contributed by atoms with van der Waals surface area (Å²) in [4.78, 5) is 35.5. The van der Waals surface area contributed by atoms with Gasteiger partial charge in [-0.15, -0.1) is 0 Å². The van der Waals surface area contributed by atoms with E-state index in [2.05, 4.69) is 10.6 Å². The molecule has 0 aliphatic heterocycles. The molecule has 26 heavy (non-hydrogen) atoms. The highest BCUT2D eigenvalue weighted by molar-refractivity contribution is 6.05. The first-order valence-corrected chi connectivity index (χ1v) is 7.65. The first-order valence-electron chi connectivity index (χ1n) is 7.65. The summed E-state index contributed by atoms with van der Waals surface area (Å²) in [5.74, 6) is -1.92. The Kier molecular flexibility index (Phi) is 6.15. The van der Waals surface area contributed by atoms with Gasteiger partial charge in [-0.25, -0.2) is 0 Å². The van der Waals surface area contributed by atoms with E-state index in [9.17, 15) is 14.4 Å². The van der Waals surface area contributed by atoms with Crippen LogP contribution in [-0.2, 0) is 9.59 Å². The van der Waals surface area contributed by atoms with Crippen molar-refractivity contribution < 1.29 is 28.6 Å². The number of methoxy groups -OCH3 is 1. The van der Waals surface area contributed by atoms with Crippen LogP contribution >= 0.6 is 0 Å². The third-order valence-corrected chi connectivity index (χ3v) is 3.38. The molecule has 1 heterocycles. The Labute approximate surface area is 149 Å². The van der Waals surface area contributed by atoms with Crippen molar-refractivity contribution in [3.63, 3.8) is 0 Å². The Balaban J connectivity index is 2.27. The number of benzene rings is 1. The molecule has 2 aromatic rings. The number of aliphatic carboxylic acids is 1. The van der Waals surface area contributed by atoms with Crippen LogP contribution in [0.1, 0.15) is 23.0 Å². The van der Waals surface area contributed by atoms with E-state index in [1.54, 1.807) is 24.3 Å². The van der Waals surface area contributed by atoms with Crippen molar-refractivity contribution >= 4 is 23.9 Å². The van der Waals surface area contributed by atoms with Gasteiger partial charge in [-0.05, 0) is 42.8 Å². The van der Waals surface area contributed by atoms with E-state index in [1.807, 2.05) is 0 Å². The zero-order valence-electron chi connectivity index (χ0n) is 14.2. The topological polar surface area (TPSA) is 118 Å². The molecule has 3 N–H and O–H groups in total. The van der Waals surface area contributed by atoms with E-state index >= 15 is 0 Å². The van der Waals surface area contributed by atoms with E-state index in [0.29, 0.717) is 11.3 Å². The van der Waals surface area contributed by atoms with Crippen LogP contribution in [0.4, 0.5) is 0 Å². The predicted molar refractivity (Wildman–Crippen MR) is 92.4 cm³/mol. The van der Waals surface area contributed by atoms with Crippen LogP contribution in [0, 0.1) is 0 Å². The molecule has 2 rings (SSSR count). The van der Waals surface area contributed by atoms with Crippen molar-refractivity contribution in [1.29, 1.82) is 0 Å². The van der Waals surface area contributed by atoms with Crippen LogP contribution in [0.2, 0.25) is 0 Å². The molecule has 1 atom stereocenters. The summed E-state index contributed by atoms with van der Waals surface area (Å²) in [5, 5.41) is 13.7. The lowest BCUT2D eigenvalue weighted by Gasteiger charge is -2.13. The second-order valence-electron chi connectivity index (χ2n) is 5.30. The van der Waals surface area contributed by atoms with Gasteiger partial charge in [-0.1, -0.05) is 12.1 Å². The third-order valence-electron chi connectivity index (χ3n) is 3.38. The Bertz CT molecular complexity index is 809. The summed E-state index contributed by atoms with van der Waals surface area (Å²) in [6, 6.07) is 8.61. The van der Waals surface area contributed by atoms with Crippen molar-refractivity contribution in [2.45, 2.75) is 13.0 Å². The molecule has 0 bridgehead atoms. The molecule has 2 amide bonds. The van der Waals surface area contributed by atoms with Crippen LogP contribution in [0.5, 0.6) is 5.75 Å². The maximum absolute atomic E-state index is 12.4. The fourth-order valence-electron chi connectivity index (χ4n) is 1.95. The van der Waals surface area contributed by atoms with Gasteiger partial charge in [-0.2, -0.15) is 0 Å². The quantitative estimate of drug-likeness (QED) is 0.648. The molecule has 0 saturated heterocycles. The number of carboxylic acids is 1. The zero-order chi connectivity index (χ0) is 19.1. The molecular weight excluding hydrogens is 340 g/mol. The molecule has 1 aromatic heterocycles. The predicted octanol–water partition coefficient (Wildman–Crippen LogP) is 1.65. The number of carboxylic acid groups (broad SMARTS) is 1. The van der Waals surface area contributed by atoms with Gasteiger partial charge >= 0.3 is 5.97 Å². The van der Waals surface area contributed by atoms with Gasteiger partial charge in [0.2, 0.25) is 0 Å². The van der Waals surface area contributed by atoms with Crippen LogP contribution in [0.15, 0.2) is 52.8 Å². The van der Waals surface area contributed by atoms with Crippen molar-refractivity contribution in [2.75, 3.05) is 7.11 Å². The van der Waals surface area contributed by atoms with E-state index in [-0.39, 0.29) is 11.5 Å². The molecule has 136 valence electrons. The van der Waals surface area contributed by atoms with E-state index in [4.69, 9.17) is 14.3 Å². The Hall–Kier alpha value is -3.55. The second kappa shape index (κ2) is 8.52. The summed E-state index contributed by atoms with van der Waals surface area (Å²) in [5.41, 5.74) is 0.489. The van der Waals surface area contributed by atoms with Gasteiger partial charge < -0.3 is 24.9 Å². The summed E-state index contributed by atoms with van der Waals surface area (Å²) in [6.07, 6.45) is 2.75. The number of rotatable bonds is 7. The minimum atomic E-state index is -1.19. The number of nitrogens with one attached hydrogen (secondary N) is 2. The van der Waals surface area contributed by atoms with Crippen molar-refractivity contribution in [3.8, 4) is 5.75 Å². The smallest absolute Gasteiger partial charge is 0.325 e. The molecule has 1 aromatic carbocycles. The molecule has 0 aliphatic rings. The van der Waals surface area contributed by atoms with Gasteiger partial charge in [0.15, 0.2) is 5.76 Å². The Morgan fingerprint density at radius 3 is 2.42 bits per heavy atom. The summed E-state index contributed by atoms with van der Waals surface area (Å²) in [6.45, 7) is 1.32. The van der Waals surface area contributed by atoms with Crippen molar-refractivity contribution in [3.05, 3.63) is 59.7 Å². The van der Waals surface area contributed by atoms with Crippen LogP contribution in [0.25, 0.3) is 6.08 Å². The van der Waals surface area contributed by atoms with E-state index in [1.165, 1.54) is 38.5 Å². The molecule has 8 heteroatoms. The second-order valence-corrected chi connectivity index (χ2v) is 5.30. The number of amides is 2. The number of carbonyl (C=O) groups is 3. The standard InChI is InChI=1S/C18H18N2O6/c1-11(18(23)24)19-16(21)14(20-17(22)15-4-3-9-26-15)10-12-5-7-13(25-2)8-6-12/h3-11H,1-2H3,(H,19,21)(H,20,22)(H,23,24)/b14-10+. The fraction of sp³-hybridized carbons (Fsp3) is 0.167. The first kappa shape index (κ1) is 18.8. The summed E-state index contributed by atoms with van der Waals surface area (Å²) >= 11 is 0. The largest absolute Gasteiger partial charge is 0.497 e. The highest BCUT2D eigenvalue weighted by atomic mass is 16.5. The minimum Gasteiger partial charge on any atom is -0.497 e. The number of hydrogen-bond donors (Lipinski definition) is 3. The van der Waals surface area contributed by atoms with Crippen molar-refractivity contribution in [2.24, 2.45) is 0 Å². The van der Waals surface area contributed by atoms with E-state index < -0.39 is 23.8 Å². The Morgan fingerprint density at radius 1 is 1.19 bits per heavy atom.